The summed E-state index contributed by atoms with van der Waals surface area (Å²) in [5.74, 6) is 0.945. The highest BCUT2D eigenvalue weighted by molar-refractivity contribution is 4.81. The molecule has 0 amide bonds. The third-order valence-corrected chi connectivity index (χ3v) is 6.55. The Kier molecular flexibility index (Phi) is 26.5. The van der Waals surface area contributed by atoms with Gasteiger partial charge >= 0.3 is 0 Å². The van der Waals surface area contributed by atoms with Crippen molar-refractivity contribution in [3.8, 4) is 0 Å². The van der Waals surface area contributed by atoms with Crippen molar-refractivity contribution in [2.45, 2.75) is 161 Å². The first kappa shape index (κ1) is 29.7. The Morgan fingerprint density at radius 1 is 0.433 bits per heavy atom. The molecule has 0 aliphatic heterocycles. The predicted molar refractivity (Wildman–Crippen MR) is 140 cm³/mol. The van der Waals surface area contributed by atoms with E-state index >= 15 is 0 Å². The maximum absolute atomic E-state index is 3.93. The van der Waals surface area contributed by atoms with Crippen LogP contribution in [0.1, 0.15) is 161 Å². The van der Waals surface area contributed by atoms with Crippen molar-refractivity contribution in [3.63, 3.8) is 0 Å². The summed E-state index contributed by atoms with van der Waals surface area (Å²) in [5.41, 5.74) is 0. The summed E-state index contributed by atoms with van der Waals surface area (Å²) >= 11 is 0. The zero-order valence-corrected chi connectivity index (χ0v) is 21.1. The van der Waals surface area contributed by atoms with Gasteiger partial charge in [-0.1, -0.05) is 161 Å². The van der Waals surface area contributed by atoms with Crippen LogP contribution in [0.15, 0.2) is 12.2 Å². The van der Waals surface area contributed by atoms with Crippen molar-refractivity contribution in [2.24, 2.45) is 5.92 Å². The van der Waals surface area contributed by atoms with Crippen LogP contribution in [0, 0.1) is 19.8 Å². The first-order valence-corrected chi connectivity index (χ1v) is 14.0. The number of unbranched alkanes of at least 4 members (excludes halogenated alkanes) is 19. The summed E-state index contributed by atoms with van der Waals surface area (Å²) in [4.78, 5) is 0. The van der Waals surface area contributed by atoms with Crippen molar-refractivity contribution in [1.29, 1.82) is 0 Å². The SMILES string of the molecule is [CH2]CCCCCCCCCC=CCCCCCCCCCC(C)CCCCCC[CH2]. The zero-order chi connectivity index (χ0) is 22.0. The third kappa shape index (κ3) is 25.8. The van der Waals surface area contributed by atoms with Crippen molar-refractivity contribution in [2.75, 3.05) is 0 Å². The van der Waals surface area contributed by atoms with Gasteiger partial charge in [-0.05, 0) is 31.6 Å². The second-order valence-electron chi connectivity index (χ2n) is 9.80. The van der Waals surface area contributed by atoms with Gasteiger partial charge in [-0.15, -0.1) is 0 Å². The van der Waals surface area contributed by atoms with E-state index in [0.717, 1.165) is 18.8 Å². The molecule has 0 bridgehead atoms. The number of allylic oxidation sites excluding steroid dienone is 2. The highest BCUT2D eigenvalue weighted by Crippen LogP contribution is 2.18. The molecule has 0 nitrogen and oxygen atoms in total. The van der Waals surface area contributed by atoms with Crippen LogP contribution in [0.3, 0.4) is 0 Å². The molecule has 1 atom stereocenters. The molecule has 0 aromatic rings. The molecular formula is C30H58. The third-order valence-electron chi connectivity index (χ3n) is 6.55. The lowest BCUT2D eigenvalue weighted by Gasteiger charge is -2.10. The van der Waals surface area contributed by atoms with Crippen molar-refractivity contribution in [1.82, 2.24) is 0 Å². The fraction of sp³-hybridized carbons (Fsp3) is 0.867. The molecule has 0 saturated carbocycles. The largest absolute Gasteiger partial charge is 0.0885 e. The first-order valence-electron chi connectivity index (χ1n) is 14.0. The molecule has 30 heavy (non-hydrogen) atoms. The highest BCUT2D eigenvalue weighted by atomic mass is 14.1. The maximum atomic E-state index is 3.93. The van der Waals surface area contributed by atoms with Gasteiger partial charge in [0.2, 0.25) is 0 Å². The van der Waals surface area contributed by atoms with Crippen molar-refractivity contribution < 1.29 is 0 Å². The standard InChI is InChI=1S/C30H58/c1-4-6-8-10-11-12-13-14-15-16-17-18-19-20-21-22-23-25-27-29-30(3)28-26-24-9-7-5-2/h16-17,30H,1-2,4-15,18-29H2,3H3. The second kappa shape index (κ2) is 26.8. The van der Waals surface area contributed by atoms with Gasteiger partial charge < -0.3 is 0 Å². The quantitative estimate of drug-likeness (QED) is 0.102. The molecule has 0 heteroatoms. The van der Waals surface area contributed by atoms with Crippen molar-refractivity contribution in [3.05, 3.63) is 26.0 Å². The Bertz CT molecular complexity index is 316. The van der Waals surface area contributed by atoms with E-state index < -0.39 is 0 Å². The average molecular weight is 419 g/mol. The minimum absolute atomic E-state index is 0.945. The van der Waals surface area contributed by atoms with E-state index in [-0.39, 0.29) is 0 Å². The molecule has 0 heterocycles. The summed E-state index contributed by atoms with van der Waals surface area (Å²) in [6, 6.07) is 0. The molecule has 0 fully saturated rings. The summed E-state index contributed by atoms with van der Waals surface area (Å²) in [6.45, 7) is 10.3. The molecule has 178 valence electrons. The monoisotopic (exact) mass is 418 g/mol. The van der Waals surface area contributed by atoms with E-state index in [0.29, 0.717) is 0 Å². The lowest BCUT2D eigenvalue weighted by atomic mass is 9.96. The Labute approximate surface area is 193 Å². The molecule has 0 aliphatic rings. The van der Waals surface area contributed by atoms with Gasteiger partial charge in [0.15, 0.2) is 0 Å². The molecular weight excluding hydrogens is 360 g/mol. The van der Waals surface area contributed by atoms with Gasteiger partial charge in [-0.25, -0.2) is 0 Å². The smallest absolute Gasteiger partial charge is 0.0351 e. The van der Waals surface area contributed by atoms with E-state index in [2.05, 4.69) is 32.9 Å². The number of rotatable bonds is 25. The molecule has 0 spiro atoms. The van der Waals surface area contributed by atoms with Gasteiger partial charge in [0.05, 0.1) is 0 Å². The molecule has 2 radical (unpaired) electrons. The Hall–Kier alpha value is -0.260. The topological polar surface area (TPSA) is 0 Å². The molecule has 0 saturated heterocycles. The lowest BCUT2D eigenvalue weighted by Crippen LogP contribution is -1.95. The van der Waals surface area contributed by atoms with Crippen LogP contribution in [0.5, 0.6) is 0 Å². The Morgan fingerprint density at radius 2 is 0.733 bits per heavy atom. The Balaban J connectivity index is 3.15. The minimum atomic E-state index is 0.945. The van der Waals surface area contributed by atoms with E-state index in [1.165, 1.54) is 141 Å². The van der Waals surface area contributed by atoms with Crippen LogP contribution >= 0.6 is 0 Å². The fourth-order valence-electron chi connectivity index (χ4n) is 4.36. The van der Waals surface area contributed by atoms with Crippen LogP contribution in [-0.4, -0.2) is 0 Å². The second-order valence-corrected chi connectivity index (χ2v) is 9.80. The van der Waals surface area contributed by atoms with Crippen LogP contribution in [0.4, 0.5) is 0 Å². The van der Waals surface area contributed by atoms with Gasteiger partial charge in [0.25, 0.3) is 0 Å². The Morgan fingerprint density at radius 3 is 1.10 bits per heavy atom. The highest BCUT2D eigenvalue weighted by Gasteiger charge is 2.02. The van der Waals surface area contributed by atoms with Crippen LogP contribution in [0.25, 0.3) is 0 Å². The van der Waals surface area contributed by atoms with Gasteiger partial charge in [-0.2, -0.15) is 0 Å². The molecule has 0 aromatic carbocycles. The molecule has 1 unspecified atom stereocenters. The maximum Gasteiger partial charge on any atom is -0.0351 e. The molecule has 0 aromatic heterocycles. The molecule has 0 aliphatic carbocycles. The summed E-state index contributed by atoms with van der Waals surface area (Å²) in [5, 5.41) is 0. The van der Waals surface area contributed by atoms with Gasteiger partial charge in [0.1, 0.15) is 0 Å². The summed E-state index contributed by atoms with van der Waals surface area (Å²) < 4.78 is 0. The van der Waals surface area contributed by atoms with Crippen LogP contribution in [-0.2, 0) is 0 Å². The summed E-state index contributed by atoms with van der Waals surface area (Å²) in [6.07, 6.45) is 38.1. The molecule has 0 rings (SSSR count). The average Bonchev–Trinajstić information content (AvgIpc) is 2.75. The van der Waals surface area contributed by atoms with Gasteiger partial charge in [0, 0.05) is 0 Å². The van der Waals surface area contributed by atoms with Crippen LogP contribution in [0.2, 0.25) is 0 Å². The van der Waals surface area contributed by atoms with E-state index in [4.69, 9.17) is 0 Å². The minimum Gasteiger partial charge on any atom is -0.0885 e. The lowest BCUT2D eigenvalue weighted by molar-refractivity contribution is 0.432. The van der Waals surface area contributed by atoms with Crippen molar-refractivity contribution >= 4 is 0 Å². The fourth-order valence-corrected chi connectivity index (χ4v) is 4.36. The predicted octanol–water partition coefficient (Wildman–Crippen LogP) is 11.2. The number of hydrogen-bond acceptors (Lipinski definition) is 0. The van der Waals surface area contributed by atoms with E-state index in [9.17, 15) is 0 Å². The summed E-state index contributed by atoms with van der Waals surface area (Å²) in [7, 11) is 0. The zero-order valence-electron chi connectivity index (χ0n) is 21.1. The molecule has 0 N–H and O–H groups in total. The number of hydrogen-bond donors (Lipinski definition) is 0. The van der Waals surface area contributed by atoms with E-state index in [1.54, 1.807) is 0 Å². The first-order chi connectivity index (χ1) is 14.8. The van der Waals surface area contributed by atoms with Crippen LogP contribution < -0.4 is 0 Å². The van der Waals surface area contributed by atoms with E-state index in [1.807, 2.05) is 0 Å². The van der Waals surface area contributed by atoms with Gasteiger partial charge in [-0.3, -0.25) is 0 Å². The normalized spacial score (nSPS) is 12.8.